The van der Waals surface area contributed by atoms with Gasteiger partial charge >= 0.3 is 0 Å². The van der Waals surface area contributed by atoms with E-state index in [0.717, 1.165) is 12.0 Å². The average Bonchev–Trinajstić information content (AvgIpc) is 2.90. The normalized spacial score (nSPS) is 20.2. The molecule has 1 fully saturated rings. The predicted octanol–water partition coefficient (Wildman–Crippen LogP) is 3.18. The van der Waals surface area contributed by atoms with Crippen LogP contribution in [0.1, 0.15) is 18.9 Å². The Morgan fingerprint density at radius 1 is 1.13 bits per heavy atom. The van der Waals surface area contributed by atoms with Crippen molar-refractivity contribution in [2.75, 3.05) is 13.2 Å². The lowest BCUT2D eigenvalue weighted by Crippen LogP contribution is -2.32. The maximum absolute atomic E-state index is 12.1. The van der Waals surface area contributed by atoms with Crippen molar-refractivity contribution in [3.63, 3.8) is 0 Å². The van der Waals surface area contributed by atoms with Crippen molar-refractivity contribution in [3.05, 3.63) is 70.4 Å². The molecule has 1 aliphatic heterocycles. The van der Waals surface area contributed by atoms with Crippen molar-refractivity contribution >= 4 is 0 Å². The van der Waals surface area contributed by atoms with Gasteiger partial charge in [0.15, 0.2) is 5.75 Å². The SMILES string of the molecule is C[C@@]1(Oc2cccc(=O)c(OCc3ccccc3)c2)CCOC1. The lowest BCUT2D eigenvalue weighted by Gasteiger charge is -2.23. The van der Waals surface area contributed by atoms with E-state index in [2.05, 4.69) is 0 Å². The Morgan fingerprint density at radius 3 is 2.70 bits per heavy atom. The van der Waals surface area contributed by atoms with Crippen molar-refractivity contribution in [1.29, 1.82) is 0 Å². The van der Waals surface area contributed by atoms with Crippen LogP contribution in [-0.2, 0) is 11.3 Å². The molecule has 0 aliphatic carbocycles. The lowest BCUT2D eigenvalue weighted by molar-refractivity contribution is 0.0662. The first kappa shape index (κ1) is 15.6. The highest BCUT2D eigenvalue weighted by atomic mass is 16.6. The first-order chi connectivity index (χ1) is 11.1. The van der Waals surface area contributed by atoms with E-state index in [1.54, 1.807) is 18.2 Å². The molecule has 1 aliphatic rings. The molecule has 0 unspecified atom stereocenters. The van der Waals surface area contributed by atoms with Crippen LogP contribution in [0.4, 0.5) is 0 Å². The Bertz CT molecular complexity index is 706. The van der Waals surface area contributed by atoms with Crippen molar-refractivity contribution < 1.29 is 14.2 Å². The maximum Gasteiger partial charge on any atom is 0.220 e. The highest BCUT2D eigenvalue weighted by Crippen LogP contribution is 2.26. The van der Waals surface area contributed by atoms with Crippen LogP contribution in [0.25, 0.3) is 0 Å². The summed E-state index contributed by atoms with van der Waals surface area (Å²) in [6, 6.07) is 16.4. The fraction of sp³-hybridized carbons (Fsp3) is 0.316. The van der Waals surface area contributed by atoms with Crippen LogP contribution < -0.4 is 14.9 Å². The minimum atomic E-state index is -0.353. The quantitative estimate of drug-likeness (QED) is 0.850. The molecule has 23 heavy (non-hydrogen) atoms. The summed E-state index contributed by atoms with van der Waals surface area (Å²) in [6.45, 7) is 3.60. The standard InChI is InChI=1S/C19H20O4/c1-19(10-11-21-14-19)23-16-8-5-9-17(20)18(12-16)22-13-15-6-3-2-4-7-15/h2-9,12H,10-11,13-14H2,1H3/t19-/m1/s1. The number of benzene rings is 1. The Balaban J connectivity index is 1.78. The molecule has 2 aromatic rings. The molecule has 120 valence electrons. The zero-order chi connectivity index (χ0) is 16.1. The molecule has 1 heterocycles. The number of hydrogen-bond donors (Lipinski definition) is 0. The van der Waals surface area contributed by atoms with Crippen LogP contribution in [0.15, 0.2) is 59.4 Å². The van der Waals surface area contributed by atoms with Gasteiger partial charge in [-0.25, -0.2) is 0 Å². The molecule has 0 aromatic heterocycles. The van der Waals surface area contributed by atoms with E-state index >= 15 is 0 Å². The molecule has 0 bridgehead atoms. The molecule has 0 radical (unpaired) electrons. The Morgan fingerprint density at radius 2 is 1.96 bits per heavy atom. The minimum absolute atomic E-state index is 0.163. The van der Waals surface area contributed by atoms with E-state index in [9.17, 15) is 4.79 Å². The highest BCUT2D eigenvalue weighted by Gasteiger charge is 2.31. The van der Waals surface area contributed by atoms with E-state index in [4.69, 9.17) is 14.2 Å². The third-order valence-corrected chi connectivity index (χ3v) is 3.81. The third-order valence-electron chi connectivity index (χ3n) is 3.81. The number of hydrogen-bond acceptors (Lipinski definition) is 4. The third kappa shape index (κ3) is 4.11. The van der Waals surface area contributed by atoms with E-state index in [1.165, 1.54) is 6.07 Å². The van der Waals surface area contributed by atoms with Crippen molar-refractivity contribution in [1.82, 2.24) is 0 Å². The van der Waals surface area contributed by atoms with E-state index in [-0.39, 0.29) is 16.8 Å². The summed E-state index contributed by atoms with van der Waals surface area (Å²) < 4.78 is 17.1. The van der Waals surface area contributed by atoms with E-state index < -0.39 is 0 Å². The number of rotatable bonds is 5. The van der Waals surface area contributed by atoms with Gasteiger partial charge in [-0.3, -0.25) is 4.79 Å². The topological polar surface area (TPSA) is 44.8 Å². The van der Waals surface area contributed by atoms with Gasteiger partial charge in [0.1, 0.15) is 18.0 Å². The van der Waals surface area contributed by atoms with Gasteiger partial charge in [-0.15, -0.1) is 0 Å². The monoisotopic (exact) mass is 312 g/mol. The highest BCUT2D eigenvalue weighted by molar-refractivity contribution is 5.32. The smallest absolute Gasteiger partial charge is 0.220 e. The van der Waals surface area contributed by atoms with Gasteiger partial charge in [0.2, 0.25) is 5.43 Å². The van der Waals surface area contributed by atoms with Gasteiger partial charge in [0.05, 0.1) is 13.2 Å². The second kappa shape index (κ2) is 6.84. The molecule has 2 aromatic carbocycles. The van der Waals surface area contributed by atoms with E-state index in [0.29, 0.717) is 25.6 Å². The van der Waals surface area contributed by atoms with Crippen LogP contribution in [0.2, 0.25) is 0 Å². The second-order valence-corrected chi connectivity index (χ2v) is 5.93. The zero-order valence-corrected chi connectivity index (χ0v) is 13.2. The molecule has 4 nitrogen and oxygen atoms in total. The van der Waals surface area contributed by atoms with Gasteiger partial charge < -0.3 is 14.2 Å². The minimum Gasteiger partial charge on any atom is -0.485 e. The first-order valence-electron chi connectivity index (χ1n) is 7.73. The van der Waals surface area contributed by atoms with Gasteiger partial charge in [-0.1, -0.05) is 36.4 Å². The molecular formula is C19H20O4. The molecule has 3 rings (SSSR count). The Labute approximate surface area is 135 Å². The van der Waals surface area contributed by atoms with Crippen LogP contribution in [0.3, 0.4) is 0 Å². The van der Waals surface area contributed by atoms with Crippen molar-refractivity contribution in [2.24, 2.45) is 0 Å². The van der Waals surface area contributed by atoms with Crippen molar-refractivity contribution in [3.8, 4) is 11.5 Å². The molecule has 0 amide bonds. The summed E-state index contributed by atoms with van der Waals surface area (Å²) >= 11 is 0. The largest absolute Gasteiger partial charge is 0.485 e. The zero-order valence-electron chi connectivity index (χ0n) is 13.2. The van der Waals surface area contributed by atoms with Crippen molar-refractivity contribution in [2.45, 2.75) is 25.6 Å². The summed E-state index contributed by atoms with van der Waals surface area (Å²) in [5, 5.41) is 0. The Kier molecular flexibility index (Phi) is 4.63. The fourth-order valence-electron chi connectivity index (χ4n) is 2.49. The molecule has 0 saturated carbocycles. The summed E-state index contributed by atoms with van der Waals surface area (Å²) in [4.78, 5) is 12.1. The molecule has 1 saturated heterocycles. The molecular weight excluding hydrogens is 292 g/mol. The van der Waals surface area contributed by atoms with Crippen LogP contribution in [-0.4, -0.2) is 18.8 Å². The maximum atomic E-state index is 12.1. The summed E-state index contributed by atoms with van der Waals surface area (Å²) in [7, 11) is 0. The predicted molar refractivity (Wildman–Crippen MR) is 88.0 cm³/mol. The van der Waals surface area contributed by atoms with Crippen LogP contribution in [0, 0.1) is 0 Å². The van der Waals surface area contributed by atoms with Gasteiger partial charge in [0.25, 0.3) is 0 Å². The molecule has 0 spiro atoms. The summed E-state index contributed by atoms with van der Waals surface area (Å²) in [5.41, 5.74) is 0.495. The molecule has 0 N–H and O–H groups in total. The first-order valence-corrected chi connectivity index (χ1v) is 7.73. The average molecular weight is 312 g/mol. The van der Waals surface area contributed by atoms with Crippen LogP contribution in [0.5, 0.6) is 11.5 Å². The summed E-state index contributed by atoms with van der Waals surface area (Å²) in [6.07, 6.45) is 0.829. The second-order valence-electron chi connectivity index (χ2n) is 5.93. The fourth-order valence-corrected chi connectivity index (χ4v) is 2.49. The van der Waals surface area contributed by atoms with Gasteiger partial charge in [0, 0.05) is 12.5 Å². The summed E-state index contributed by atoms with van der Waals surface area (Å²) in [5.74, 6) is 0.902. The van der Waals surface area contributed by atoms with Crippen LogP contribution >= 0.6 is 0 Å². The van der Waals surface area contributed by atoms with Gasteiger partial charge in [-0.05, 0) is 24.6 Å². The number of ether oxygens (including phenoxy) is 3. The molecule has 1 atom stereocenters. The van der Waals surface area contributed by atoms with Gasteiger partial charge in [-0.2, -0.15) is 0 Å². The lowest BCUT2D eigenvalue weighted by atomic mass is 10.1. The molecule has 4 heteroatoms. The van der Waals surface area contributed by atoms with E-state index in [1.807, 2.05) is 37.3 Å². The Hall–Kier alpha value is -2.33.